The zero-order chi connectivity index (χ0) is 24.8. The second kappa shape index (κ2) is 8.93. The van der Waals surface area contributed by atoms with E-state index in [1.54, 1.807) is 24.3 Å². The topological polar surface area (TPSA) is 66.8 Å². The third kappa shape index (κ3) is 4.12. The largest absolute Gasteiger partial charge is 0.507 e. The molecule has 1 saturated heterocycles. The van der Waals surface area contributed by atoms with Crippen molar-refractivity contribution in [2.24, 2.45) is 0 Å². The summed E-state index contributed by atoms with van der Waals surface area (Å²) < 4.78 is 5.50. The van der Waals surface area contributed by atoms with Crippen LogP contribution in [0.1, 0.15) is 48.4 Å². The lowest BCUT2D eigenvalue weighted by Crippen LogP contribution is -2.29. The molecule has 0 aliphatic carbocycles. The average molecular weight is 496 g/mol. The molecular formula is C27H26ClNO4S. The van der Waals surface area contributed by atoms with Crippen LogP contribution >= 0.6 is 22.9 Å². The molecule has 0 bridgehead atoms. The quantitative estimate of drug-likeness (QED) is 0.250. The van der Waals surface area contributed by atoms with E-state index in [1.165, 1.54) is 23.3 Å². The second-order valence-electron chi connectivity index (χ2n) is 9.28. The molecule has 1 N–H and O–H groups in total. The number of thiophene rings is 1. The Bertz CT molecular complexity index is 1300. The summed E-state index contributed by atoms with van der Waals surface area (Å²) in [6.07, 6.45) is 0. The molecule has 0 spiro atoms. The Labute approximate surface area is 208 Å². The molecule has 176 valence electrons. The van der Waals surface area contributed by atoms with Gasteiger partial charge in [0.05, 0.1) is 18.2 Å². The summed E-state index contributed by atoms with van der Waals surface area (Å²) in [5, 5.41) is 13.9. The molecule has 1 unspecified atom stereocenters. The van der Waals surface area contributed by atoms with Crippen molar-refractivity contribution < 1.29 is 19.4 Å². The van der Waals surface area contributed by atoms with E-state index in [4.69, 9.17) is 16.3 Å². The highest BCUT2D eigenvalue weighted by molar-refractivity contribution is 7.10. The van der Waals surface area contributed by atoms with Crippen molar-refractivity contribution in [2.45, 2.75) is 39.2 Å². The van der Waals surface area contributed by atoms with Crippen LogP contribution in [0.2, 0.25) is 5.02 Å². The Kier molecular flexibility index (Phi) is 6.32. The number of ether oxygens (including phenoxy) is 1. The SMILES string of the molecule is COc1ccc(C(C)(C)C)cc1/C(O)=C1\C(=O)C(=O)N(c2ccc(C)c(Cl)c2)C1c1cccs1. The molecule has 0 radical (unpaired) electrons. The molecule has 2 heterocycles. The van der Waals surface area contributed by atoms with E-state index in [0.717, 1.165) is 16.0 Å². The molecule has 1 aliphatic heterocycles. The summed E-state index contributed by atoms with van der Waals surface area (Å²) in [6.45, 7) is 8.05. The lowest BCUT2D eigenvalue weighted by Gasteiger charge is -2.25. The van der Waals surface area contributed by atoms with Crippen LogP contribution in [-0.2, 0) is 15.0 Å². The number of methoxy groups -OCH3 is 1. The van der Waals surface area contributed by atoms with Gasteiger partial charge in [0.25, 0.3) is 11.7 Å². The molecule has 2 aromatic carbocycles. The third-order valence-corrected chi connectivity index (χ3v) is 7.34. The van der Waals surface area contributed by atoms with Crippen molar-refractivity contribution in [1.29, 1.82) is 0 Å². The molecule has 1 aromatic heterocycles. The van der Waals surface area contributed by atoms with Gasteiger partial charge in [-0.05, 0) is 59.2 Å². The first kappa shape index (κ1) is 24.0. The van der Waals surface area contributed by atoms with Gasteiger partial charge in [0, 0.05) is 15.6 Å². The molecule has 1 fully saturated rings. The number of anilines is 1. The van der Waals surface area contributed by atoms with Crippen LogP contribution in [-0.4, -0.2) is 23.9 Å². The maximum Gasteiger partial charge on any atom is 0.300 e. The Morgan fingerprint density at radius 3 is 2.44 bits per heavy atom. The van der Waals surface area contributed by atoms with Crippen LogP contribution in [0.15, 0.2) is 59.5 Å². The van der Waals surface area contributed by atoms with E-state index in [-0.39, 0.29) is 16.7 Å². The number of benzene rings is 2. The van der Waals surface area contributed by atoms with Crippen LogP contribution in [0, 0.1) is 6.92 Å². The molecule has 34 heavy (non-hydrogen) atoms. The number of hydrogen-bond acceptors (Lipinski definition) is 5. The molecule has 1 atom stereocenters. The predicted molar refractivity (Wildman–Crippen MR) is 137 cm³/mol. The molecule has 3 aromatic rings. The Hall–Kier alpha value is -3.09. The van der Waals surface area contributed by atoms with Crippen molar-refractivity contribution in [3.05, 3.63) is 86.1 Å². The molecule has 7 heteroatoms. The molecule has 1 amide bonds. The monoisotopic (exact) mass is 495 g/mol. The van der Waals surface area contributed by atoms with Crippen molar-refractivity contribution in [2.75, 3.05) is 12.0 Å². The highest BCUT2D eigenvalue weighted by Crippen LogP contribution is 2.45. The molecule has 1 aliphatic rings. The van der Waals surface area contributed by atoms with Crippen LogP contribution < -0.4 is 9.64 Å². The van der Waals surface area contributed by atoms with Crippen LogP contribution in [0.25, 0.3) is 5.76 Å². The van der Waals surface area contributed by atoms with Gasteiger partial charge in [-0.25, -0.2) is 0 Å². The number of aryl methyl sites for hydroxylation is 1. The lowest BCUT2D eigenvalue weighted by atomic mass is 9.85. The van der Waals surface area contributed by atoms with E-state index < -0.39 is 17.7 Å². The number of aliphatic hydroxyl groups excluding tert-OH is 1. The van der Waals surface area contributed by atoms with E-state index in [9.17, 15) is 14.7 Å². The van der Waals surface area contributed by atoms with E-state index in [0.29, 0.717) is 22.0 Å². The molecule has 4 rings (SSSR count). The van der Waals surface area contributed by atoms with Gasteiger partial charge >= 0.3 is 0 Å². The van der Waals surface area contributed by atoms with Gasteiger partial charge in [0.2, 0.25) is 0 Å². The average Bonchev–Trinajstić information content (AvgIpc) is 3.41. The Balaban J connectivity index is 1.97. The van der Waals surface area contributed by atoms with Gasteiger partial charge in [-0.15, -0.1) is 11.3 Å². The maximum absolute atomic E-state index is 13.4. The van der Waals surface area contributed by atoms with Crippen LogP contribution in [0.5, 0.6) is 5.75 Å². The normalized spacial score (nSPS) is 17.9. The first-order chi connectivity index (χ1) is 16.0. The summed E-state index contributed by atoms with van der Waals surface area (Å²) in [5.74, 6) is -1.32. The van der Waals surface area contributed by atoms with Gasteiger partial charge in [0.1, 0.15) is 17.6 Å². The fraction of sp³-hybridized carbons (Fsp3) is 0.259. The van der Waals surface area contributed by atoms with Crippen molar-refractivity contribution in [3.63, 3.8) is 0 Å². The first-order valence-electron chi connectivity index (χ1n) is 10.8. The molecule has 5 nitrogen and oxygen atoms in total. The minimum atomic E-state index is -0.790. The predicted octanol–water partition coefficient (Wildman–Crippen LogP) is 6.64. The summed E-state index contributed by atoms with van der Waals surface area (Å²) in [6, 6.07) is 13.7. The number of amides is 1. The van der Waals surface area contributed by atoms with E-state index in [2.05, 4.69) is 20.8 Å². The summed E-state index contributed by atoms with van der Waals surface area (Å²) >= 11 is 7.75. The summed E-state index contributed by atoms with van der Waals surface area (Å²) in [4.78, 5) is 28.8. The molecule has 0 saturated carbocycles. The Morgan fingerprint density at radius 1 is 1.12 bits per heavy atom. The van der Waals surface area contributed by atoms with Crippen molar-refractivity contribution >= 4 is 46.1 Å². The fourth-order valence-electron chi connectivity index (χ4n) is 4.05. The maximum atomic E-state index is 13.4. The number of ketones is 1. The van der Waals surface area contributed by atoms with Gasteiger partial charge in [-0.3, -0.25) is 14.5 Å². The van der Waals surface area contributed by atoms with Crippen LogP contribution in [0.4, 0.5) is 5.69 Å². The summed E-state index contributed by atoms with van der Waals surface area (Å²) in [7, 11) is 1.51. The minimum Gasteiger partial charge on any atom is -0.507 e. The number of nitrogens with zero attached hydrogens (tertiary/aromatic N) is 1. The van der Waals surface area contributed by atoms with Crippen molar-refractivity contribution in [1.82, 2.24) is 0 Å². The number of hydrogen-bond donors (Lipinski definition) is 1. The highest BCUT2D eigenvalue weighted by atomic mass is 35.5. The number of Topliss-reactive ketones (excluding diaryl/α,β-unsaturated/α-hetero) is 1. The van der Waals surface area contributed by atoms with E-state index in [1.807, 2.05) is 36.6 Å². The highest BCUT2D eigenvalue weighted by Gasteiger charge is 2.47. The van der Waals surface area contributed by atoms with Gasteiger partial charge in [-0.1, -0.05) is 50.6 Å². The number of carbonyl (C=O) groups excluding carboxylic acids is 2. The Morgan fingerprint density at radius 2 is 1.85 bits per heavy atom. The second-order valence-corrected chi connectivity index (χ2v) is 10.7. The van der Waals surface area contributed by atoms with Crippen LogP contribution in [0.3, 0.4) is 0 Å². The number of aliphatic hydroxyl groups is 1. The minimum absolute atomic E-state index is 0.0218. The fourth-order valence-corrected chi connectivity index (χ4v) is 5.05. The zero-order valence-corrected chi connectivity index (χ0v) is 21.3. The van der Waals surface area contributed by atoms with Crippen molar-refractivity contribution in [3.8, 4) is 5.75 Å². The van der Waals surface area contributed by atoms with Gasteiger partial charge in [0.15, 0.2) is 0 Å². The number of halogens is 1. The van der Waals surface area contributed by atoms with E-state index >= 15 is 0 Å². The standard InChI is InChI=1S/C27H26ClNO4S/c1-15-8-10-17(14-19(15)28)29-23(21-7-6-12-34-21)22(25(31)26(29)32)24(30)18-13-16(27(2,3)4)9-11-20(18)33-5/h6-14,23,30H,1-5H3/b24-22+. The lowest BCUT2D eigenvalue weighted by molar-refractivity contribution is -0.132. The molecular weight excluding hydrogens is 470 g/mol. The summed E-state index contributed by atoms with van der Waals surface area (Å²) in [5.41, 5.74) is 2.51. The first-order valence-corrected chi connectivity index (χ1v) is 12.1. The van der Waals surface area contributed by atoms with Gasteiger partial charge in [-0.2, -0.15) is 0 Å². The zero-order valence-electron chi connectivity index (χ0n) is 19.7. The number of rotatable bonds is 4. The number of carbonyl (C=O) groups is 2. The third-order valence-electron chi connectivity index (χ3n) is 6.01. The smallest absolute Gasteiger partial charge is 0.300 e. The van der Waals surface area contributed by atoms with Gasteiger partial charge < -0.3 is 9.84 Å².